The Bertz CT molecular complexity index is 932. The molecule has 1 atom stereocenters. The third-order valence-electron chi connectivity index (χ3n) is 5.70. The maximum Gasteiger partial charge on any atom is 0.263 e. The molecule has 160 valence electrons. The van der Waals surface area contributed by atoms with E-state index >= 15 is 0 Å². The van der Waals surface area contributed by atoms with E-state index in [-0.39, 0.29) is 17.8 Å². The second kappa shape index (κ2) is 9.75. The first-order valence-corrected chi connectivity index (χ1v) is 10.7. The van der Waals surface area contributed by atoms with Gasteiger partial charge in [-0.2, -0.15) is 0 Å². The quantitative estimate of drug-likeness (QED) is 0.590. The lowest BCUT2D eigenvalue weighted by Gasteiger charge is -2.40. The van der Waals surface area contributed by atoms with Crippen molar-refractivity contribution < 1.29 is 13.9 Å². The van der Waals surface area contributed by atoms with Gasteiger partial charge in [0.25, 0.3) is 5.91 Å². The van der Waals surface area contributed by atoms with Crippen LogP contribution in [0.1, 0.15) is 24.1 Å². The molecule has 1 saturated heterocycles. The van der Waals surface area contributed by atoms with E-state index in [2.05, 4.69) is 53.4 Å². The number of carbonyl (C=O) groups excluding carboxylic acids is 1. The molecule has 31 heavy (non-hydrogen) atoms. The van der Waals surface area contributed by atoms with Crippen LogP contribution in [-0.4, -0.2) is 48.0 Å². The van der Waals surface area contributed by atoms with Crippen molar-refractivity contribution in [3.63, 3.8) is 0 Å². The van der Waals surface area contributed by atoms with Crippen molar-refractivity contribution in [2.24, 2.45) is 0 Å². The smallest absolute Gasteiger partial charge is 0.263 e. The highest BCUT2D eigenvalue weighted by atomic mass is 19.1. The summed E-state index contributed by atoms with van der Waals surface area (Å²) in [6.07, 6.45) is -0.615. The molecule has 0 radical (unpaired) electrons. The first kappa shape index (κ1) is 21.1. The van der Waals surface area contributed by atoms with Crippen molar-refractivity contribution >= 4 is 5.91 Å². The SMILES string of the molecule is C[C@H](Oc1ccc(F)cc1)C(=O)N1CCN(C(c2ccccc2)c2ccccc2)CC1. The van der Waals surface area contributed by atoms with E-state index in [1.165, 1.54) is 23.3 Å². The summed E-state index contributed by atoms with van der Waals surface area (Å²) < 4.78 is 18.8. The Morgan fingerprint density at radius 2 is 1.32 bits per heavy atom. The molecule has 0 spiro atoms. The van der Waals surface area contributed by atoms with E-state index in [4.69, 9.17) is 4.74 Å². The third kappa shape index (κ3) is 5.12. The van der Waals surface area contributed by atoms with Gasteiger partial charge in [-0.05, 0) is 42.3 Å². The van der Waals surface area contributed by atoms with Gasteiger partial charge in [-0.3, -0.25) is 9.69 Å². The molecule has 5 heteroatoms. The molecule has 1 amide bonds. The summed E-state index contributed by atoms with van der Waals surface area (Å²) in [5.41, 5.74) is 2.50. The zero-order chi connectivity index (χ0) is 21.6. The number of halogens is 1. The van der Waals surface area contributed by atoms with Crippen molar-refractivity contribution in [2.75, 3.05) is 26.2 Å². The Kier molecular flexibility index (Phi) is 6.63. The highest BCUT2D eigenvalue weighted by molar-refractivity contribution is 5.81. The number of rotatable bonds is 6. The van der Waals surface area contributed by atoms with Gasteiger partial charge in [0, 0.05) is 26.2 Å². The summed E-state index contributed by atoms with van der Waals surface area (Å²) in [6, 6.07) is 26.9. The highest BCUT2D eigenvalue weighted by Gasteiger charge is 2.30. The molecule has 4 rings (SSSR count). The summed E-state index contributed by atoms with van der Waals surface area (Å²) in [6.45, 7) is 4.60. The molecule has 1 aliphatic rings. The molecule has 0 aliphatic carbocycles. The van der Waals surface area contributed by atoms with Crippen molar-refractivity contribution in [3.05, 3.63) is 102 Å². The van der Waals surface area contributed by atoms with E-state index in [1.807, 2.05) is 17.0 Å². The van der Waals surface area contributed by atoms with Crippen LogP contribution in [0.4, 0.5) is 4.39 Å². The molecular formula is C26H27FN2O2. The third-order valence-corrected chi connectivity index (χ3v) is 5.70. The summed E-state index contributed by atoms with van der Waals surface area (Å²) in [4.78, 5) is 17.2. The van der Waals surface area contributed by atoms with E-state index in [1.54, 1.807) is 19.1 Å². The number of benzene rings is 3. The topological polar surface area (TPSA) is 32.8 Å². The van der Waals surface area contributed by atoms with Crippen LogP contribution in [-0.2, 0) is 4.79 Å². The van der Waals surface area contributed by atoms with Gasteiger partial charge in [0.05, 0.1) is 6.04 Å². The second-order valence-corrected chi connectivity index (χ2v) is 7.80. The molecule has 0 bridgehead atoms. The molecule has 3 aromatic carbocycles. The van der Waals surface area contributed by atoms with Crippen molar-refractivity contribution in [3.8, 4) is 5.75 Å². The lowest BCUT2D eigenvalue weighted by Crippen LogP contribution is -2.52. The fourth-order valence-electron chi connectivity index (χ4n) is 4.11. The highest BCUT2D eigenvalue weighted by Crippen LogP contribution is 2.29. The van der Waals surface area contributed by atoms with Crippen LogP contribution in [0.3, 0.4) is 0 Å². The minimum Gasteiger partial charge on any atom is -0.481 e. The average Bonchev–Trinajstić information content (AvgIpc) is 2.82. The lowest BCUT2D eigenvalue weighted by molar-refractivity contribution is -0.140. The maximum absolute atomic E-state index is 13.1. The van der Waals surface area contributed by atoms with Gasteiger partial charge in [0.2, 0.25) is 0 Å². The molecular weight excluding hydrogens is 391 g/mol. The standard InChI is InChI=1S/C26H27FN2O2/c1-20(31-24-14-12-23(27)13-15-24)26(30)29-18-16-28(17-19-29)25(21-8-4-2-5-9-21)22-10-6-3-7-11-22/h2-15,20,25H,16-19H2,1H3/t20-/m0/s1. The largest absolute Gasteiger partial charge is 0.481 e. The number of carbonyl (C=O) groups is 1. The van der Waals surface area contributed by atoms with Crippen molar-refractivity contribution in [1.82, 2.24) is 9.80 Å². The molecule has 1 fully saturated rings. The first-order chi connectivity index (χ1) is 15.1. The number of nitrogens with zero attached hydrogens (tertiary/aromatic N) is 2. The number of amides is 1. The minimum absolute atomic E-state index is 0.0417. The van der Waals surface area contributed by atoms with Crippen LogP contribution in [0, 0.1) is 5.82 Å². The number of piperazine rings is 1. The Morgan fingerprint density at radius 1 is 0.806 bits per heavy atom. The van der Waals surface area contributed by atoms with E-state index < -0.39 is 6.10 Å². The van der Waals surface area contributed by atoms with Crippen LogP contribution < -0.4 is 4.74 Å². The molecule has 1 aliphatic heterocycles. The minimum atomic E-state index is -0.615. The monoisotopic (exact) mass is 418 g/mol. The zero-order valence-electron chi connectivity index (χ0n) is 17.7. The van der Waals surface area contributed by atoms with E-state index in [9.17, 15) is 9.18 Å². The lowest BCUT2D eigenvalue weighted by atomic mass is 9.96. The Hall–Kier alpha value is -3.18. The van der Waals surface area contributed by atoms with Gasteiger partial charge in [0.1, 0.15) is 11.6 Å². The van der Waals surface area contributed by atoms with Crippen molar-refractivity contribution in [2.45, 2.75) is 19.1 Å². The van der Waals surface area contributed by atoms with E-state index in [0.29, 0.717) is 18.8 Å². The zero-order valence-corrected chi connectivity index (χ0v) is 17.7. The second-order valence-electron chi connectivity index (χ2n) is 7.80. The summed E-state index contributed by atoms with van der Waals surface area (Å²) in [7, 11) is 0. The Labute approximate surface area is 182 Å². The van der Waals surface area contributed by atoms with Gasteiger partial charge >= 0.3 is 0 Å². The molecule has 0 unspecified atom stereocenters. The molecule has 0 N–H and O–H groups in total. The van der Waals surface area contributed by atoms with Crippen LogP contribution >= 0.6 is 0 Å². The normalized spacial score (nSPS) is 15.6. The van der Waals surface area contributed by atoms with Gasteiger partial charge in [0.15, 0.2) is 6.10 Å². The van der Waals surface area contributed by atoms with Crippen LogP contribution in [0.15, 0.2) is 84.9 Å². The van der Waals surface area contributed by atoms with Crippen LogP contribution in [0.2, 0.25) is 0 Å². The fourth-order valence-corrected chi connectivity index (χ4v) is 4.11. The van der Waals surface area contributed by atoms with Gasteiger partial charge in [-0.15, -0.1) is 0 Å². The van der Waals surface area contributed by atoms with Gasteiger partial charge in [-0.25, -0.2) is 4.39 Å². The molecule has 4 nitrogen and oxygen atoms in total. The van der Waals surface area contributed by atoms with Gasteiger partial charge < -0.3 is 9.64 Å². The predicted molar refractivity (Wildman–Crippen MR) is 119 cm³/mol. The van der Waals surface area contributed by atoms with Crippen molar-refractivity contribution in [1.29, 1.82) is 0 Å². The number of hydrogen-bond donors (Lipinski definition) is 0. The number of ether oxygens (including phenoxy) is 1. The molecule has 0 saturated carbocycles. The van der Waals surface area contributed by atoms with Crippen LogP contribution in [0.5, 0.6) is 5.75 Å². The molecule has 1 heterocycles. The van der Waals surface area contributed by atoms with Crippen LogP contribution in [0.25, 0.3) is 0 Å². The Balaban J connectivity index is 1.41. The summed E-state index contributed by atoms with van der Waals surface area (Å²) in [5, 5.41) is 0. The predicted octanol–water partition coefficient (Wildman–Crippen LogP) is 4.53. The molecule has 3 aromatic rings. The fraction of sp³-hybridized carbons (Fsp3) is 0.269. The van der Waals surface area contributed by atoms with E-state index in [0.717, 1.165) is 13.1 Å². The summed E-state index contributed by atoms with van der Waals surface area (Å²) in [5.74, 6) is 0.128. The molecule has 0 aromatic heterocycles. The maximum atomic E-state index is 13.1. The average molecular weight is 419 g/mol. The number of hydrogen-bond acceptors (Lipinski definition) is 3. The summed E-state index contributed by atoms with van der Waals surface area (Å²) >= 11 is 0. The van der Waals surface area contributed by atoms with Gasteiger partial charge in [-0.1, -0.05) is 60.7 Å². The Morgan fingerprint density at radius 3 is 1.84 bits per heavy atom. The first-order valence-electron chi connectivity index (χ1n) is 10.7.